The van der Waals surface area contributed by atoms with Crippen molar-refractivity contribution in [1.29, 1.82) is 0 Å². The first-order valence-corrected chi connectivity index (χ1v) is 14.3. The molecule has 0 saturated carbocycles. The second-order valence-corrected chi connectivity index (χ2v) is 10.6. The van der Waals surface area contributed by atoms with Crippen molar-refractivity contribution in [3.8, 4) is 39.1 Å². The van der Waals surface area contributed by atoms with E-state index >= 15 is 0 Å². The van der Waals surface area contributed by atoms with Gasteiger partial charge in [0.1, 0.15) is 5.75 Å². The molecule has 6 aromatic carbocycles. The predicted octanol–water partition coefficient (Wildman–Crippen LogP) is 11.4. The lowest BCUT2D eigenvalue weighted by Gasteiger charge is -2.26. The topological polar surface area (TPSA) is 9.23 Å². The Hall–Kier alpha value is -5.14. The number of ether oxygens (including phenoxy) is 1. The fraction of sp³-hybridized carbons (Fsp3) is 0.0732. The maximum atomic E-state index is 5.99. The van der Waals surface area contributed by atoms with Gasteiger partial charge in [-0.3, -0.25) is 0 Å². The first-order valence-electron chi connectivity index (χ1n) is 14.3. The summed E-state index contributed by atoms with van der Waals surface area (Å²) in [5.74, 6) is 0.897. The minimum atomic E-state index is 0.897. The molecule has 0 aliphatic rings. The van der Waals surface area contributed by atoms with Crippen LogP contribution in [-0.2, 0) is 0 Å². The number of allylic oxidation sites excluding steroid dienone is 4. The Balaban J connectivity index is 2.01. The first kappa shape index (κ1) is 27.1. The molecule has 0 spiro atoms. The maximum absolute atomic E-state index is 5.99. The Labute approximate surface area is 248 Å². The summed E-state index contributed by atoms with van der Waals surface area (Å²) < 4.78 is 5.99. The molecule has 0 amide bonds. The third-order valence-electron chi connectivity index (χ3n) is 8.08. The molecule has 0 heterocycles. The van der Waals surface area contributed by atoms with E-state index in [1.54, 1.807) is 7.11 Å². The van der Waals surface area contributed by atoms with Crippen molar-refractivity contribution >= 4 is 27.1 Å². The lowest BCUT2D eigenvalue weighted by molar-refractivity contribution is 0.419. The average molecular weight is 543 g/mol. The molecule has 0 atom stereocenters. The molecule has 1 nitrogen and oxygen atoms in total. The van der Waals surface area contributed by atoms with Gasteiger partial charge >= 0.3 is 0 Å². The molecule has 0 aliphatic heterocycles. The summed E-state index contributed by atoms with van der Waals surface area (Å²) in [5.41, 5.74) is 11.6. The van der Waals surface area contributed by atoms with Gasteiger partial charge in [0.25, 0.3) is 0 Å². The molecule has 0 N–H and O–H groups in total. The molecular weight excluding hydrogens is 508 g/mol. The number of hydrogen-bond donors (Lipinski definition) is 0. The second kappa shape index (κ2) is 11.4. The van der Waals surface area contributed by atoms with E-state index in [1.807, 2.05) is 12.2 Å². The fourth-order valence-electron chi connectivity index (χ4n) is 6.40. The van der Waals surface area contributed by atoms with Crippen molar-refractivity contribution < 1.29 is 4.74 Å². The normalized spacial score (nSPS) is 11.5. The highest BCUT2D eigenvalue weighted by Crippen LogP contribution is 2.51. The van der Waals surface area contributed by atoms with Crippen molar-refractivity contribution in [2.24, 2.45) is 0 Å². The van der Waals surface area contributed by atoms with Crippen LogP contribution in [0.4, 0.5) is 0 Å². The SMILES string of the molecule is C=C/C=C(\C=C)c1c(-c2ccccc2)c(-c2ccccc2)c2c(C)c3c(OC)cc(C)cc3cc2c1-c1ccccc1. The Morgan fingerprint density at radius 2 is 1.19 bits per heavy atom. The zero-order valence-electron chi connectivity index (χ0n) is 24.4. The van der Waals surface area contributed by atoms with Gasteiger partial charge in [0.15, 0.2) is 0 Å². The lowest BCUT2D eigenvalue weighted by atomic mass is 9.77. The van der Waals surface area contributed by atoms with E-state index in [-0.39, 0.29) is 0 Å². The van der Waals surface area contributed by atoms with E-state index in [4.69, 9.17) is 4.74 Å². The van der Waals surface area contributed by atoms with Gasteiger partial charge in [-0.05, 0) is 97.8 Å². The Morgan fingerprint density at radius 1 is 0.643 bits per heavy atom. The maximum Gasteiger partial charge on any atom is 0.127 e. The summed E-state index contributed by atoms with van der Waals surface area (Å²) in [6.45, 7) is 12.7. The molecule has 0 saturated heterocycles. The third-order valence-corrected chi connectivity index (χ3v) is 8.08. The number of methoxy groups -OCH3 is 1. The fourth-order valence-corrected chi connectivity index (χ4v) is 6.40. The molecule has 0 aromatic heterocycles. The number of fused-ring (bicyclic) bond motifs is 2. The van der Waals surface area contributed by atoms with Crippen LogP contribution in [0.5, 0.6) is 5.75 Å². The van der Waals surface area contributed by atoms with Gasteiger partial charge in [0, 0.05) is 5.39 Å². The highest BCUT2D eigenvalue weighted by Gasteiger charge is 2.26. The van der Waals surface area contributed by atoms with Crippen LogP contribution in [0.3, 0.4) is 0 Å². The van der Waals surface area contributed by atoms with Crippen LogP contribution in [0.25, 0.3) is 60.5 Å². The molecular formula is C41H34O. The van der Waals surface area contributed by atoms with Gasteiger partial charge in [-0.1, -0.05) is 128 Å². The van der Waals surface area contributed by atoms with Gasteiger partial charge in [-0.25, -0.2) is 0 Å². The molecule has 6 rings (SSSR count). The molecule has 0 bridgehead atoms. The Bertz CT molecular complexity index is 1980. The summed E-state index contributed by atoms with van der Waals surface area (Å²) >= 11 is 0. The largest absolute Gasteiger partial charge is 0.496 e. The standard InChI is InChI=1S/C41H34O/c1-6-17-29(7-2)39-38(30-18-11-8-12-19-30)34-26-33-24-27(3)25-35(42-5)36(33)28(4)37(34)40(31-20-13-9-14-21-31)41(39)32-22-15-10-16-23-32/h6-26H,1-2H2,3-5H3/b29-17+. The van der Waals surface area contributed by atoms with Crippen molar-refractivity contribution in [2.75, 3.05) is 7.11 Å². The Kier molecular flexibility index (Phi) is 7.33. The van der Waals surface area contributed by atoms with E-state index in [0.717, 1.165) is 39.0 Å². The van der Waals surface area contributed by atoms with Gasteiger partial charge in [-0.2, -0.15) is 0 Å². The molecule has 204 valence electrons. The van der Waals surface area contributed by atoms with Crippen LogP contribution < -0.4 is 4.74 Å². The van der Waals surface area contributed by atoms with Crippen LogP contribution in [0.1, 0.15) is 16.7 Å². The molecule has 0 unspecified atom stereocenters. The van der Waals surface area contributed by atoms with Crippen LogP contribution in [-0.4, -0.2) is 7.11 Å². The first-order chi connectivity index (χ1) is 20.6. The van der Waals surface area contributed by atoms with Crippen LogP contribution >= 0.6 is 0 Å². The van der Waals surface area contributed by atoms with E-state index in [1.165, 1.54) is 44.0 Å². The number of rotatable bonds is 7. The minimum absolute atomic E-state index is 0.897. The predicted molar refractivity (Wildman–Crippen MR) is 182 cm³/mol. The average Bonchev–Trinajstić information content (AvgIpc) is 3.03. The van der Waals surface area contributed by atoms with Crippen molar-refractivity contribution in [2.45, 2.75) is 13.8 Å². The summed E-state index contributed by atoms with van der Waals surface area (Å²) in [6.07, 6.45) is 5.88. The zero-order chi connectivity index (χ0) is 29.2. The van der Waals surface area contributed by atoms with E-state index < -0.39 is 0 Å². The smallest absolute Gasteiger partial charge is 0.127 e. The number of aryl methyl sites for hydroxylation is 2. The third kappa shape index (κ3) is 4.54. The molecule has 42 heavy (non-hydrogen) atoms. The lowest BCUT2D eigenvalue weighted by Crippen LogP contribution is -2.01. The van der Waals surface area contributed by atoms with Crippen molar-refractivity contribution in [1.82, 2.24) is 0 Å². The molecule has 6 aromatic rings. The minimum Gasteiger partial charge on any atom is -0.496 e. The summed E-state index contributed by atoms with van der Waals surface area (Å²) in [6, 6.07) is 38.9. The summed E-state index contributed by atoms with van der Waals surface area (Å²) in [4.78, 5) is 0. The van der Waals surface area contributed by atoms with Gasteiger partial charge in [0.05, 0.1) is 7.11 Å². The van der Waals surface area contributed by atoms with Crippen LogP contribution in [0, 0.1) is 13.8 Å². The Morgan fingerprint density at radius 3 is 1.71 bits per heavy atom. The van der Waals surface area contributed by atoms with E-state index in [0.29, 0.717) is 0 Å². The number of benzene rings is 6. The second-order valence-electron chi connectivity index (χ2n) is 10.6. The van der Waals surface area contributed by atoms with Gasteiger partial charge in [0.2, 0.25) is 0 Å². The summed E-state index contributed by atoms with van der Waals surface area (Å²) in [7, 11) is 1.76. The highest BCUT2D eigenvalue weighted by atomic mass is 16.5. The number of hydrogen-bond acceptors (Lipinski definition) is 1. The van der Waals surface area contributed by atoms with Gasteiger partial charge in [-0.15, -0.1) is 0 Å². The van der Waals surface area contributed by atoms with E-state index in [9.17, 15) is 0 Å². The van der Waals surface area contributed by atoms with Crippen LogP contribution in [0.2, 0.25) is 0 Å². The molecule has 0 aliphatic carbocycles. The highest BCUT2D eigenvalue weighted by molar-refractivity contribution is 6.21. The molecule has 0 fully saturated rings. The van der Waals surface area contributed by atoms with Gasteiger partial charge < -0.3 is 4.74 Å². The monoisotopic (exact) mass is 542 g/mol. The quantitative estimate of drug-likeness (QED) is 0.144. The van der Waals surface area contributed by atoms with Crippen molar-refractivity contribution in [3.05, 3.63) is 157 Å². The van der Waals surface area contributed by atoms with Crippen molar-refractivity contribution in [3.63, 3.8) is 0 Å². The zero-order valence-corrected chi connectivity index (χ0v) is 24.4. The molecule has 1 heteroatoms. The molecule has 0 radical (unpaired) electrons. The van der Waals surface area contributed by atoms with E-state index in [2.05, 4.69) is 142 Å². The van der Waals surface area contributed by atoms with Crippen LogP contribution in [0.15, 0.2) is 141 Å². The summed E-state index contributed by atoms with van der Waals surface area (Å²) in [5, 5.41) is 4.73.